The average Bonchev–Trinajstić information content (AvgIpc) is 3.09. The predicted octanol–water partition coefficient (Wildman–Crippen LogP) is 5.06. The van der Waals surface area contributed by atoms with Crippen molar-refractivity contribution in [2.45, 2.75) is 38.1 Å². The Labute approximate surface area is 155 Å². The molecule has 25 heavy (non-hydrogen) atoms. The van der Waals surface area contributed by atoms with Gasteiger partial charge >= 0.3 is 0 Å². The minimum absolute atomic E-state index is 0.0701. The van der Waals surface area contributed by atoms with E-state index in [1.165, 1.54) is 12.5 Å². The highest BCUT2D eigenvalue weighted by atomic mass is 79.9. The first-order valence-electron chi connectivity index (χ1n) is 8.44. The lowest BCUT2D eigenvalue weighted by molar-refractivity contribution is -0.117. The largest absolute Gasteiger partial charge is 0.457 e. The van der Waals surface area contributed by atoms with Crippen LogP contribution in [0.2, 0.25) is 0 Å². The van der Waals surface area contributed by atoms with E-state index in [0.29, 0.717) is 11.5 Å². The molecule has 1 aromatic heterocycles. The Bertz CT molecular complexity index is 826. The lowest BCUT2D eigenvalue weighted by Crippen LogP contribution is -2.36. The molecule has 128 valence electrons. The van der Waals surface area contributed by atoms with Crippen molar-refractivity contribution >= 4 is 27.9 Å². The van der Waals surface area contributed by atoms with Crippen molar-refractivity contribution in [3.63, 3.8) is 0 Å². The Morgan fingerprint density at radius 1 is 1.24 bits per heavy atom. The second-order valence-electron chi connectivity index (χ2n) is 6.19. The number of amides is 1. The molecular formula is C20H19BrN2O2. The van der Waals surface area contributed by atoms with Crippen molar-refractivity contribution in [1.29, 1.82) is 5.26 Å². The van der Waals surface area contributed by atoms with E-state index >= 15 is 0 Å². The quantitative estimate of drug-likeness (QED) is 0.577. The molecule has 1 saturated carbocycles. The van der Waals surface area contributed by atoms with Crippen LogP contribution < -0.4 is 5.32 Å². The fourth-order valence-corrected chi connectivity index (χ4v) is 3.43. The second-order valence-corrected chi connectivity index (χ2v) is 7.11. The number of carbonyl (C=O) groups excluding carboxylic acids is 1. The van der Waals surface area contributed by atoms with Crippen LogP contribution in [-0.2, 0) is 4.79 Å². The zero-order chi connectivity index (χ0) is 17.6. The van der Waals surface area contributed by atoms with Gasteiger partial charge in [0.2, 0.25) is 0 Å². The van der Waals surface area contributed by atoms with E-state index in [2.05, 4.69) is 21.2 Å². The molecule has 1 amide bonds. The monoisotopic (exact) mass is 398 g/mol. The Balaban J connectivity index is 1.74. The van der Waals surface area contributed by atoms with Gasteiger partial charge in [0, 0.05) is 22.2 Å². The first-order chi connectivity index (χ1) is 12.2. The van der Waals surface area contributed by atoms with Crippen molar-refractivity contribution in [1.82, 2.24) is 5.32 Å². The van der Waals surface area contributed by atoms with E-state index in [-0.39, 0.29) is 17.5 Å². The van der Waals surface area contributed by atoms with Crippen molar-refractivity contribution in [2.24, 2.45) is 0 Å². The van der Waals surface area contributed by atoms with Crippen LogP contribution in [0.4, 0.5) is 0 Å². The number of nitriles is 1. The number of furan rings is 1. The molecule has 0 spiro atoms. The molecule has 1 aliphatic carbocycles. The van der Waals surface area contributed by atoms with Gasteiger partial charge in [-0.2, -0.15) is 5.26 Å². The molecule has 0 radical (unpaired) electrons. The summed E-state index contributed by atoms with van der Waals surface area (Å²) in [4.78, 5) is 12.3. The minimum Gasteiger partial charge on any atom is -0.457 e. The van der Waals surface area contributed by atoms with Crippen LogP contribution in [0.25, 0.3) is 17.4 Å². The van der Waals surface area contributed by atoms with Gasteiger partial charge in [0.15, 0.2) is 0 Å². The van der Waals surface area contributed by atoms with Gasteiger partial charge in [0.05, 0.1) is 0 Å². The van der Waals surface area contributed by atoms with E-state index < -0.39 is 0 Å². The smallest absolute Gasteiger partial charge is 0.262 e. The maximum Gasteiger partial charge on any atom is 0.262 e. The third-order valence-corrected chi connectivity index (χ3v) is 4.82. The molecule has 2 aromatic rings. The van der Waals surface area contributed by atoms with Gasteiger partial charge in [-0.1, -0.05) is 47.3 Å². The van der Waals surface area contributed by atoms with Gasteiger partial charge in [-0.3, -0.25) is 4.79 Å². The first-order valence-corrected chi connectivity index (χ1v) is 9.23. The summed E-state index contributed by atoms with van der Waals surface area (Å²) >= 11 is 3.43. The zero-order valence-corrected chi connectivity index (χ0v) is 15.4. The number of carbonyl (C=O) groups is 1. The Kier molecular flexibility index (Phi) is 5.72. The molecule has 1 aromatic carbocycles. The van der Waals surface area contributed by atoms with E-state index in [0.717, 1.165) is 35.7 Å². The fourth-order valence-electron chi connectivity index (χ4n) is 3.03. The molecule has 1 N–H and O–H groups in total. The third kappa shape index (κ3) is 4.61. The number of hydrogen-bond acceptors (Lipinski definition) is 3. The molecule has 0 atom stereocenters. The van der Waals surface area contributed by atoms with Crippen molar-refractivity contribution < 1.29 is 9.21 Å². The topological polar surface area (TPSA) is 66.0 Å². The van der Waals surface area contributed by atoms with Crippen LogP contribution in [0.3, 0.4) is 0 Å². The number of nitrogens with zero attached hydrogens (tertiary/aromatic N) is 1. The van der Waals surface area contributed by atoms with E-state index in [4.69, 9.17) is 4.42 Å². The van der Waals surface area contributed by atoms with Crippen LogP contribution in [0.15, 0.2) is 50.9 Å². The summed E-state index contributed by atoms with van der Waals surface area (Å²) in [5.41, 5.74) is 1.000. The predicted molar refractivity (Wildman–Crippen MR) is 100 cm³/mol. The molecule has 1 heterocycles. The van der Waals surface area contributed by atoms with Gasteiger partial charge in [0.1, 0.15) is 23.2 Å². The lowest BCUT2D eigenvalue weighted by atomic mass is 9.95. The molecule has 0 bridgehead atoms. The molecule has 3 rings (SSSR count). The van der Waals surface area contributed by atoms with Gasteiger partial charge in [-0.25, -0.2) is 0 Å². The molecular weight excluding hydrogens is 380 g/mol. The highest BCUT2D eigenvalue weighted by Gasteiger charge is 2.18. The van der Waals surface area contributed by atoms with Gasteiger partial charge in [0.25, 0.3) is 5.91 Å². The lowest BCUT2D eigenvalue weighted by Gasteiger charge is -2.22. The highest BCUT2D eigenvalue weighted by molar-refractivity contribution is 9.10. The average molecular weight is 399 g/mol. The first kappa shape index (κ1) is 17.5. The van der Waals surface area contributed by atoms with Gasteiger partial charge in [-0.05, 0) is 37.1 Å². The highest BCUT2D eigenvalue weighted by Crippen LogP contribution is 2.26. The third-order valence-electron chi connectivity index (χ3n) is 4.33. The van der Waals surface area contributed by atoms with Crippen LogP contribution in [0, 0.1) is 11.3 Å². The van der Waals surface area contributed by atoms with Crippen molar-refractivity contribution in [2.75, 3.05) is 0 Å². The Morgan fingerprint density at radius 2 is 2.04 bits per heavy atom. The molecule has 0 aliphatic heterocycles. The number of nitrogens with one attached hydrogen (secondary N) is 1. The summed E-state index contributed by atoms with van der Waals surface area (Å²) < 4.78 is 6.73. The maximum absolute atomic E-state index is 12.3. The van der Waals surface area contributed by atoms with Crippen LogP contribution in [0.1, 0.15) is 37.9 Å². The molecule has 1 aliphatic rings. The summed E-state index contributed by atoms with van der Waals surface area (Å²) in [5, 5.41) is 12.3. The van der Waals surface area contributed by atoms with Crippen molar-refractivity contribution in [3.8, 4) is 17.4 Å². The Hall–Kier alpha value is -2.32. The summed E-state index contributed by atoms with van der Waals surface area (Å²) in [7, 11) is 0. The normalized spacial score (nSPS) is 15.6. The fraction of sp³-hybridized carbons (Fsp3) is 0.300. The summed E-state index contributed by atoms with van der Waals surface area (Å²) in [6, 6.07) is 13.5. The zero-order valence-electron chi connectivity index (χ0n) is 13.8. The van der Waals surface area contributed by atoms with E-state index in [1.54, 1.807) is 6.07 Å². The van der Waals surface area contributed by atoms with Gasteiger partial charge in [-0.15, -0.1) is 0 Å². The van der Waals surface area contributed by atoms with Crippen LogP contribution >= 0.6 is 15.9 Å². The summed E-state index contributed by atoms with van der Waals surface area (Å²) in [6.07, 6.45) is 6.95. The maximum atomic E-state index is 12.3. The second kappa shape index (κ2) is 8.17. The number of hydrogen-bond donors (Lipinski definition) is 1. The number of rotatable bonds is 4. The minimum atomic E-state index is -0.324. The van der Waals surface area contributed by atoms with E-state index in [9.17, 15) is 10.1 Å². The number of halogens is 1. The van der Waals surface area contributed by atoms with Crippen LogP contribution in [0.5, 0.6) is 0 Å². The summed E-state index contributed by atoms with van der Waals surface area (Å²) in [5.74, 6) is 0.859. The molecule has 5 heteroatoms. The number of benzene rings is 1. The summed E-state index contributed by atoms with van der Waals surface area (Å²) in [6.45, 7) is 0. The SMILES string of the molecule is N#C/C(=C\c1ccc(-c2cccc(Br)c2)o1)C(=O)NC1CCCCC1. The molecule has 1 fully saturated rings. The standard InChI is InChI=1S/C20H19BrN2O2/c21-16-6-4-5-14(11-16)19-10-9-18(25-19)12-15(13-22)20(24)23-17-7-2-1-3-8-17/h4-6,9-12,17H,1-3,7-8H2,(H,23,24)/b15-12+. The molecule has 0 unspecified atom stereocenters. The van der Waals surface area contributed by atoms with E-state index in [1.807, 2.05) is 36.4 Å². The molecule has 0 saturated heterocycles. The van der Waals surface area contributed by atoms with Crippen molar-refractivity contribution in [3.05, 3.63) is 52.2 Å². The van der Waals surface area contributed by atoms with Crippen LogP contribution in [-0.4, -0.2) is 11.9 Å². The Morgan fingerprint density at radius 3 is 2.76 bits per heavy atom. The molecule has 4 nitrogen and oxygen atoms in total. The van der Waals surface area contributed by atoms with Gasteiger partial charge < -0.3 is 9.73 Å².